The van der Waals surface area contributed by atoms with E-state index in [9.17, 15) is 4.79 Å². The Morgan fingerprint density at radius 2 is 1.94 bits per heavy atom. The summed E-state index contributed by atoms with van der Waals surface area (Å²) in [4.78, 5) is 20.2. The van der Waals surface area contributed by atoms with Crippen LogP contribution < -0.4 is 0 Å². The van der Waals surface area contributed by atoms with Crippen molar-refractivity contribution in [2.75, 3.05) is 13.1 Å². The molecule has 0 aliphatic carbocycles. The van der Waals surface area contributed by atoms with Gasteiger partial charge in [-0.05, 0) is 62.2 Å². The summed E-state index contributed by atoms with van der Waals surface area (Å²) in [5, 5.41) is 6.20. The van der Waals surface area contributed by atoms with Gasteiger partial charge < -0.3 is 4.90 Å². The first kappa shape index (κ1) is 20.7. The van der Waals surface area contributed by atoms with Gasteiger partial charge in [0.1, 0.15) is 0 Å². The number of likely N-dealkylation sites (tertiary alicyclic amines) is 1. The van der Waals surface area contributed by atoms with Gasteiger partial charge in [-0.25, -0.2) is 0 Å². The lowest BCUT2D eigenvalue weighted by atomic mass is 9.93. The van der Waals surface area contributed by atoms with Crippen molar-refractivity contribution in [1.29, 1.82) is 0 Å². The Morgan fingerprint density at radius 1 is 1.09 bits per heavy atom. The van der Waals surface area contributed by atoms with Crippen LogP contribution in [0.15, 0.2) is 60.7 Å². The van der Waals surface area contributed by atoms with Gasteiger partial charge in [0.25, 0.3) is 5.91 Å². The van der Waals surface area contributed by atoms with E-state index in [4.69, 9.17) is 16.6 Å². The summed E-state index contributed by atoms with van der Waals surface area (Å²) in [7, 11) is 1.93. The summed E-state index contributed by atoms with van der Waals surface area (Å²) in [6.45, 7) is 3.42. The van der Waals surface area contributed by atoms with Gasteiger partial charge in [0.15, 0.2) is 0 Å². The Hall–Kier alpha value is -3.18. The Kier molecular flexibility index (Phi) is 5.43. The van der Waals surface area contributed by atoms with Crippen molar-refractivity contribution >= 4 is 28.4 Å². The van der Waals surface area contributed by atoms with E-state index < -0.39 is 0 Å². The molecule has 3 heterocycles. The molecule has 162 valence electrons. The van der Waals surface area contributed by atoms with Crippen LogP contribution in [-0.4, -0.2) is 38.7 Å². The number of hydrogen-bond acceptors (Lipinski definition) is 3. The molecule has 0 bridgehead atoms. The van der Waals surface area contributed by atoms with Crippen LogP contribution in [0.3, 0.4) is 0 Å². The molecule has 4 aromatic rings. The first-order valence-corrected chi connectivity index (χ1v) is 11.3. The van der Waals surface area contributed by atoms with E-state index in [0.717, 1.165) is 58.5 Å². The first-order valence-electron chi connectivity index (χ1n) is 10.9. The van der Waals surface area contributed by atoms with Crippen LogP contribution >= 0.6 is 11.6 Å². The highest BCUT2D eigenvalue weighted by molar-refractivity contribution is 6.30. The molecule has 32 heavy (non-hydrogen) atoms. The Bertz CT molecular complexity index is 1310. The number of pyridine rings is 1. The predicted octanol–water partition coefficient (Wildman–Crippen LogP) is 5.62. The molecule has 5 rings (SSSR count). The van der Waals surface area contributed by atoms with Crippen molar-refractivity contribution < 1.29 is 4.79 Å². The summed E-state index contributed by atoms with van der Waals surface area (Å²) in [5.74, 6) is 0.293. The number of benzene rings is 2. The second-order valence-electron chi connectivity index (χ2n) is 8.49. The zero-order valence-electron chi connectivity index (χ0n) is 18.3. The van der Waals surface area contributed by atoms with Gasteiger partial charge in [-0.1, -0.05) is 29.8 Å². The lowest BCUT2D eigenvalue weighted by molar-refractivity contribution is 0.0706. The van der Waals surface area contributed by atoms with Crippen molar-refractivity contribution in [3.63, 3.8) is 0 Å². The molecule has 5 nitrogen and oxygen atoms in total. The lowest BCUT2D eigenvalue weighted by Gasteiger charge is -2.32. The van der Waals surface area contributed by atoms with Gasteiger partial charge in [0.05, 0.1) is 16.9 Å². The number of amides is 1. The van der Waals surface area contributed by atoms with E-state index in [0.29, 0.717) is 11.6 Å². The second-order valence-corrected chi connectivity index (χ2v) is 8.93. The summed E-state index contributed by atoms with van der Waals surface area (Å²) in [5.41, 5.74) is 5.64. The second kappa shape index (κ2) is 8.40. The molecule has 1 aliphatic rings. The molecule has 0 radical (unpaired) electrons. The van der Waals surface area contributed by atoms with E-state index in [1.165, 1.54) is 0 Å². The van der Waals surface area contributed by atoms with Gasteiger partial charge in [-0.3, -0.25) is 14.5 Å². The highest BCUT2D eigenvalue weighted by Crippen LogP contribution is 2.29. The van der Waals surface area contributed by atoms with Gasteiger partial charge in [0.2, 0.25) is 0 Å². The Balaban J connectivity index is 1.38. The molecular weight excluding hydrogens is 420 g/mol. The number of rotatable bonds is 3. The minimum absolute atomic E-state index is 0.0749. The van der Waals surface area contributed by atoms with Crippen LogP contribution in [0.5, 0.6) is 0 Å². The summed E-state index contributed by atoms with van der Waals surface area (Å²) in [6.07, 6.45) is 1.99. The van der Waals surface area contributed by atoms with Gasteiger partial charge in [-0.2, -0.15) is 5.10 Å². The molecule has 0 spiro atoms. The SMILES string of the molecule is Cc1nn(C)c2ccc(C(=O)N3CCCC(c4cccc(-c5cccc(Cl)c5)n4)C3)cc12. The molecule has 1 amide bonds. The summed E-state index contributed by atoms with van der Waals surface area (Å²) >= 11 is 6.17. The average molecular weight is 445 g/mol. The average Bonchev–Trinajstić information content (AvgIpc) is 3.11. The smallest absolute Gasteiger partial charge is 0.253 e. The fourth-order valence-corrected chi connectivity index (χ4v) is 4.84. The maximum absolute atomic E-state index is 13.3. The van der Waals surface area contributed by atoms with E-state index in [1.807, 2.05) is 78.2 Å². The molecule has 0 N–H and O–H groups in total. The minimum Gasteiger partial charge on any atom is -0.338 e. The van der Waals surface area contributed by atoms with Crippen molar-refractivity contribution in [2.45, 2.75) is 25.7 Å². The van der Waals surface area contributed by atoms with Gasteiger partial charge in [-0.15, -0.1) is 0 Å². The molecule has 1 aliphatic heterocycles. The van der Waals surface area contributed by atoms with Crippen molar-refractivity contribution in [2.24, 2.45) is 7.05 Å². The third kappa shape index (κ3) is 3.89. The van der Waals surface area contributed by atoms with Gasteiger partial charge in [0, 0.05) is 53.3 Å². The number of fused-ring (bicyclic) bond motifs is 1. The molecule has 1 fully saturated rings. The van der Waals surface area contributed by atoms with E-state index >= 15 is 0 Å². The molecule has 1 atom stereocenters. The largest absolute Gasteiger partial charge is 0.338 e. The molecule has 2 aromatic carbocycles. The molecule has 0 saturated carbocycles. The fourth-order valence-electron chi connectivity index (χ4n) is 4.65. The number of carbonyl (C=O) groups excluding carboxylic acids is 1. The minimum atomic E-state index is 0.0749. The van der Waals surface area contributed by atoms with Crippen LogP contribution in [0.1, 0.15) is 40.5 Å². The van der Waals surface area contributed by atoms with Crippen molar-refractivity contribution in [3.05, 3.63) is 82.6 Å². The maximum atomic E-state index is 13.3. The van der Waals surface area contributed by atoms with Crippen molar-refractivity contribution in [3.8, 4) is 11.3 Å². The zero-order valence-corrected chi connectivity index (χ0v) is 19.0. The van der Waals surface area contributed by atoms with Crippen LogP contribution in [0.2, 0.25) is 5.02 Å². The summed E-state index contributed by atoms with van der Waals surface area (Å²) in [6, 6.07) is 19.7. The van der Waals surface area contributed by atoms with Gasteiger partial charge >= 0.3 is 0 Å². The monoisotopic (exact) mass is 444 g/mol. The highest BCUT2D eigenvalue weighted by atomic mass is 35.5. The van der Waals surface area contributed by atoms with E-state index in [-0.39, 0.29) is 11.8 Å². The van der Waals surface area contributed by atoms with Crippen LogP contribution in [-0.2, 0) is 7.05 Å². The molecular formula is C26H25ClN4O. The Morgan fingerprint density at radius 3 is 2.78 bits per heavy atom. The number of aryl methyl sites for hydroxylation is 2. The highest BCUT2D eigenvalue weighted by Gasteiger charge is 2.27. The normalized spacial score (nSPS) is 16.5. The number of aromatic nitrogens is 3. The molecule has 6 heteroatoms. The first-order chi connectivity index (χ1) is 15.5. The third-order valence-electron chi connectivity index (χ3n) is 6.30. The lowest BCUT2D eigenvalue weighted by Crippen LogP contribution is -2.39. The van der Waals surface area contributed by atoms with E-state index in [2.05, 4.69) is 11.2 Å². The van der Waals surface area contributed by atoms with E-state index in [1.54, 1.807) is 0 Å². The Labute approximate surface area is 192 Å². The molecule has 2 aromatic heterocycles. The number of halogens is 1. The number of hydrogen-bond donors (Lipinski definition) is 0. The summed E-state index contributed by atoms with van der Waals surface area (Å²) < 4.78 is 1.86. The number of carbonyl (C=O) groups is 1. The van der Waals surface area contributed by atoms with Crippen LogP contribution in [0.25, 0.3) is 22.2 Å². The van der Waals surface area contributed by atoms with Crippen LogP contribution in [0.4, 0.5) is 0 Å². The number of piperidine rings is 1. The predicted molar refractivity (Wildman–Crippen MR) is 128 cm³/mol. The van der Waals surface area contributed by atoms with Crippen molar-refractivity contribution in [1.82, 2.24) is 19.7 Å². The number of nitrogens with zero attached hydrogens (tertiary/aromatic N) is 4. The zero-order chi connectivity index (χ0) is 22.2. The standard InChI is InChI=1S/C26H25ClN4O/c1-17-22-15-19(11-12-25(22)30(2)29-17)26(32)31-13-5-7-20(16-31)24-10-4-9-23(28-24)18-6-3-8-21(27)14-18/h3-4,6,8-12,14-15,20H,5,7,13,16H2,1-2H3. The quantitative estimate of drug-likeness (QED) is 0.412. The fraction of sp³-hybridized carbons (Fsp3) is 0.269. The third-order valence-corrected chi connectivity index (χ3v) is 6.53. The van der Waals surface area contributed by atoms with Crippen LogP contribution in [0, 0.1) is 6.92 Å². The molecule has 1 saturated heterocycles. The molecule has 1 unspecified atom stereocenters. The maximum Gasteiger partial charge on any atom is 0.253 e. The topological polar surface area (TPSA) is 51.0 Å².